The average molecular weight is 286 g/mol. The highest BCUT2D eigenvalue weighted by Crippen LogP contribution is 2.37. The average Bonchev–Trinajstić information content (AvgIpc) is 2.47. The Morgan fingerprint density at radius 1 is 1.24 bits per heavy atom. The van der Waals surface area contributed by atoms with Gasteiger partial charge in [-0.05, 0) is 47.6 Å². The maximum Gasteiger partial charge on any atom is 0.308 e. The van der Waals surface area contributed by atoms with E-state index in [9.17, 15) is 4.79 Å². The Morgan fingerprint density at radius 3 is 2.38 bits per heavy atom. The first-order valence-electron chi connectivity index (χ1n) is 7.15. The van der Waals surface area contributed by atoms with E-state index < -0.39 is 0 Å². The first-order chi connectivity index (χ1) is 9.93. The van der Waals surface area contributed by atoms with Crippen molar-refractivity contribution in [1.82, 2.24) is 0 Å². The number of carbonyl (C=O) groups excluding carboxylic acids is 1. The molecule has 0 saturated carbocycles. The fraction of sp³-hybridized carbons (Fsp3) is 0.389. The minimum Gasteiger partial charge on any atom is -0.497 e. The van der Waals surface area contributed by atoms with Crippen LogP contribution >= 0.6 is 0 Å². The molecule has 0 amide bonds. The summed E-state index contributed by atoms with van der Waals surface area (Å²) in [5.41, 5.74) is 1.23. The molecule has 0 N–H and O–H groups in total. The van der Waals surface area contributed by atoms with E-state index in [1.165, 1.54) is 12.5 Å². The van der Waals surface area contributed by atoms with Crippen LogP contribution in [-0.4, -0.2) is 13.1 Å². The van der Waals surface area contributed by atoms with Crippen molar-refractivity contribution in [2.75, 3.05) is 7.11 Å². The third-order valence-corrected chi connectivity index (χ3v) is 4.09. The largest absolute Gasteiger partial charge is 0.497 e. The Hall–Kier alpha value is -2.03. The molecule has 0 spiro atoms. The number of carbonyl (C=O) groups is 1. The van der Waals surface area contributed by atoms with Crippen molar-refractivity contribution >= 4 is 5.97 Å². The molecule has 2 rings (SSSR count). The number of methoxy groups -OCH3 is 1. The van der Waals surface area contributed by atoms with E-state index in [1.54, 1.807) is 7.11 Å². The number of hydrogen-bond donors (Lipinski definition) is 0. The molecule has 0 aromatic heterocycles. The van der Waals surface area contributed by atoms with Crippen LogP contribution in [0.3, 0.4) is 0 Å². The van der Waals surface area contributed by atoms with Crippen molar-refractivity contribution < 1.29 is 14.3 Å². The standard InChI is InChI=1S/C18H22O3/c1-13(19)21-17-11-7-15(8-12-17)18(2,3)14-5-9-16(20-4)10-6-14/h5,7-12,14H,6H2,1-4H3. The number of ether oxygens (including phenoxy) is 2. The molecule has 0 fully saturated rings. The summed E-state index contributed by atoms with van der Waals surface area (Å²) in [6, 6.07) is 7.76. The molecule has 112 valence electrons. The molecule has 0 saturated heterocycles. The van der Waals surface area contributed by atoms with Crippen LogP contribution in [0.2, 0.25) is 0 Å². The number of allylic oxidation sites excluding steroid dienone is 3. The van der Waals surface area contributed by atoms with E-state index in [0.717, 1.165) is 12.2 Å². The van der Waals surface area contributed by atoms with Crippen LogP contribution in [0.4, 0.5) is 0 Å². The van der Waals surface area contributed by atoms with Crippen molar-refractivity contribution in [3.8, 4) is 5.75 Å². The van der Waals surface area contributed by atoms with Gasteiger partial charge in [0.25, 0.3) is 0 Å². The highest BCUT2D eigenvalue weighted by atomic mass is 16.5. The summed E-state index contributed by atoms with van der Waals surface area (Å²) in [6.45, 7) is 5.87. The SMILES string of the molecule is COC1=CCC(C(C)(C)c2ccc(OC(C)=O)cc2)C=C1. The lowest BCUT2D eigenvalue weighted by Crippen LogP contribution is -2.28. The lowest BCUT2D eigenvalue weighted by atomic mass is 9.71. The van der Waals surface area contributed by atoms with Gasteiger partial charge < -0.3 is 9.47 Å². The third kappa shape index (κ3) is 3.54. The van der Waals surface area contributed by atoms with Crippen LogP contribution in [0.15, 0.2) is 48.3 Å². The Balaban J connectivity index is 2.14. The molecule has 3 nitrogen and oxygen atoms in total. The van der Waals surface area contributed by atoms with E-state index in [4.69, 9.17) is 9.47 Å². The zero-order valence-corrected chi connectivity index (χ0v) is 13.1. The van der Waals surface area contributed by atoms with E-state index in [2.05, 4.69) is 26.0 Å². The summed E-state index contributed by atoms with van der Waals surface area (Å²) in [4.78, 5) is 11.0. The molecule has 1 unspecified atom stereocenters. The minimum atomic E-state index is -0.297. The van der Waals surface area contributed by atoms with Gasteiger partial charge in [0.15, 0.2) is 0 Å². The molecule has 0 bridgehead atoms. The van der Waals surface area contributed by atoms with Crippen molar-refractivity contribution in [2.45, 2.75) is 32.6 Å². The molecular formula is C18H22O3. The van der Waals surface area contributed by atoms with Crippen LogP contribution < -0.4 is 4.74 Å². The molecule has 0 aliphatic heterocycles. The predicted molar refractivity (Wildman–Crippen MR) is 83.1 cm³/mol. The Kier molecular flexibility index (Phi) is 4.51. The highest BCUT2D eigenvalue weighted by molar-refractivity contribution is 5.69. The summed E-state index contributed by atoms with van der Waals surface area (Å²) >= 11 is 0. The fourth-order valence-electron chi connectivity index (χ4n) is 2.62. The van der Waals surface area contributed by atoms with E-state index in [-0.39, 0.29) is 11.4 Å². The topological polar surface area (TPSA) is 35.5 Å². The van der Waals surface area contributed by atoms with Crippen LogP contribution in [0.5, 0.6) is 5.75 Å². The van der Waals surface area contributed by atoms with Crippen molar-refractivity contribution in [3.63, 3.8) is 0 Å². The van der Waals surface area contributed by atoms with Gasteiger partial charge >= 0.3 is 5.97 Å². The van der Waals surface area contributed by atoms with Crippen LogP contribution in [-0.2, 0) is 14.9 Å². The summed E-state index contributed by atoms with van der Waals surface area (Å²) in [5.74, 6) is 1.63. The second-order valence-corrected chi connectivity index (χ2v) is 5.85. The summed E-state index contributed by atoms with van der Waals surface area (Å²) in [5, 5.41) is 0. The maximum absolute atomic E-state index is 11.0. The summed E-state index contributed by atoms with van der Waals surface area (Å²) in [6.07, 6.45) is 7.32. The first-order valence-corrected chi connectivity index (χ1v) is 7.15. The smallest absolute Gasteiger partial charge is 0.308 e. The van der Waals surface area contributed by atoms with Gasteiger partial charge in [-0.25, -0.2) is 0 Å². The number of rotatable bonds is 4. The molecular weight excluding hydrogens is 264 g/mol. The van der Waals surface area contributed by atoms with Gasteiger partial charge in [0.1, 0.15) is 11.5 Å². The monoisotopic (exact) mass is 286 g/mol. The second kappa shape index (κ2) is 6.17. The van der Waals surface area contributed by atoms with Crippen molar-refractivity contribution in [2.24, 2.45) is 5.92 Å². The van der Waals surface area contributed by atoms with Crippen LogP contribution in [0.1, 0.15) is 32.8 Å². The van der Waals surface area contributed by atoms with E-state index in [1.807, 2.05) is 30.3 Å². The maximum atomic E-state index is 11.0. The quantitative estimate of drug-likeness (QED) is 0.620. The van der Waals surface area contributed by atoms with E-state index >= 15 is 0 Å². The number of hydrogen-bond acceptors (Lipinski definition) is 3. The van der Waals surface area contributed by atoms with Gasteiger partial charge in [0.2, 0.25) is 0 Å². The second-order valence-electron chi connectivity index (χ2n) is 5.85. The molecule has 21 heavy (non-hydrogen) atoms. The number of esters is 1. The van der Waals surface area contributed by atoms with Gasteiger partial charge in [0.05, 0.1) is 7.11 Å². The van der Waals surface area contributed by atoms with Crippen LogP contribution in [0.25, 0.3) is 0 Å². The van der Waals surface area contributed by atoms with E-state index in [0.29, 0.717) is 11.7 Å². The molecule has 1 aliphatic rings. The van der Waals surface area contributed by atoms with Crippen LogP contribution in [0, 0.1) is 5.92 Å². The normalized spacial score (nSPS) is 18.1. The lowest BCUT2D eigenvalue weighted by molar-refractivity contribution is -0.131. The fourth-order valence-corrected chi connectivity index (χ4v) is 2.62. The Labute approximate surface area is 126 Å². The summed E-state index contributed by atoms with van der Waals surface area (Å²) < 4.78 is 10.3. The van der Waals surface area contributed by atoms with Crippen molar-refractivity contribution in [3.05, 3.63) is 53.8 Å². The zero-order valence-electron chi connectivity index (χ0n) is 13.1. The first kappa shape index (κ1) is 15.4. The molecule has 0 heterocycles. The van der Waals surface area contributed by atoms with Gasteiger partial charge in [-0.1, -0.05) is 32.1 Å². The summed E-state index contributed by atoms with van der Waals surface area (Å²) in [7, 11) is 1.69. The van der Waals surface area contributed by atoms with Gasteiger partial charge in [-0.15, -0.1) is 0 Å². The van der Waals surface area contributed by atoms with Gasteiger partial charge in [-0.2, -0.15) is 0 Å². The molecule has 1 aliphatic carbocycles. The lowest BCUT2D eigenvalue weighted by Gasteiger charge is -2.34. The third-order valence-electron chi connectivity index (χ3n) is 4.09. The Morgan fingerprint density at radius 2 is 1.90 bits per heavy atom. The predicted octanol–water partition coefficient (Wildman–Crippen LogP) is 4.00. The molecule has 1 aromatic rings. The molecule has 1 aromatic carbocycles. The number of benzene rings is 1. The zero-order chi connectivity index (χ0) is 15.5. The van der Waals surface area contributed by atoms with Crippen molar-refractivity contribution in [1.29, 1.82) is 0 Å². The van der Waals surface area contributed by atoms with Gasteiger partial charge in [-0.3, -0.25) is 4.79 Å². The molecule has 3 heteroatoms. The minimum absolute atomic E-state index is 0.00102. The molecule has 0 radical (unpaired) electrons. The molecule has 1 atom stereocenters. The van der Waals surface area contributed by atoms with Gasteiger partial charge in [0, 0.05) is 6.92 Å². The highest BCUT2D eigenvalue weighted by Gasteiger charge is 2.30. The Bertz CT molecular complexity index is 565.